The lowest BCUT2D eigenvalue weighted by Crippen LogP contribution is -2.51. The van der Waals surface area contributed by atoms with E-state index in [0.29, 0.717) is 4.90 Å². The highest BCUT2D eigenvalue weighted by atomic mass is 32.3. The lowest BCUT2D eigenvalue weighted by molar-refractivity contribution is -0.257. The predicted octanol–water partition coefficient (Wildman–Crippen LogP) is 4.44. The second-order valence-corrected chi connectivity index (χ2v) is 20.7. The van der Waals surface area contributed by atoms with Crippen LogP contribution in [-0.4, -0.2) is 120 Å². The number of nitrogens with two attached hydrogens (primary N) is 3. The number of nitrogens with zero attached hydrogens (tertiary/aromatic N) is 6. The van der Waals surface area contributed by atoms with Crippen molar-refractivity contribution in [2.24, 2.45) is 36.4 Å². The molecule has 0 saturated carbocycles. The van der Waals surface area contributed by atoms with Gasteiger partial charge < -0.3 is 26.5 Å². The third-order valence-corrected chi connectivity index (χ3v) is 13.6. The molecule has 0 aromatic heterocycles. The minimum absolute atomic E-state index is 0.0177. The third-order valence-electron chi connectivity index (χ3n) is 8.63. The van der Waals surface area contributed by atoms with Gasteiger partial charge in [-0.3, -0.25) is 19.6 Å². The minimum Gasteiger partial charge on any atom is -0.478 e. The molecule has 1 atom stereocenters. The molecule has 4 aromatic rings. The number of hydrogen-bond acceptors (Lipinski definition) is 27. The molecule has 0 amide bonds. The molecule has 11 N–H and O–H groups in total. The molecule has 0 bridgehead atoms. The van der Waals surface area contributed by atoms with Crippen molar-refractivity contribution in [1.82, 2.24) is 0 Å². The average Bonchev–Trinajstić information content (AvgIpc) is 3.27. The Morgan fingerprint density at radius 3 is 1.39 bits per heavy atom. The van der Waals surface area contributed by atoms with Gasteiger partial charge >= 0.3 is 26.8 Å². The van der Waals surface area contributed by atoms with E-state index < -0.39 is 131 Å². The molecule has 0 aliphatic carbocycles. The monoisotopic (exact) mass is 1060 g/mol. The summed E-state index contributed by atoms with van der Waals surface area (Å²) in [6, 6.07) is 14.7. The van der Waals surface area contributed by atoms with Gasteiger partial charge in [-0.1, -0.05) is 0 Å². The Kier molecular flexibility index (Phi) is 19.3. The first-order valence-corrected chi connectivity index (χ1v) is 25.2. The van der Waals surface area contributed by atoms with Crippen LogP contribution in [0.3, 0.4) is 0 Å². The summed E-state index contributed by atoms with van der Waals surface area (Å²) in [4.78, 5) is 32.0. The number of carboxylic acids is 1. The Balaban J connectivity index is 1.72. The maximum Gasteiger partial charge on any atom is 0.397 e. The number of azo groups is 3. The molecule has 69 heavy (non-hydrogen) atoms. The molecule has 1 unspecified atom stereocenters. The number of aromatic carboxylic acids is 1. The summed E-state index contributed by atoms with van der Waals surface area (Å²) in [7, 11) is -18.1. The first kappa shape index (κ1) is 55.5. The highest BCUT2D eigenvalue weighted by Crippen LogP contribution is 2.49. The number of rotatable bonds is 26. The molecular formula is C35H37N9O20S5. The number of anilines is 2. The van der Waals surface area contributed by atoms with E-state index in [1.165, 1.54) is 42.3 Å². The van der Waals surface area contributed by atoms with Gasteiger partial charge in [-0.15, -0.1) is 15.3 Å². The van der Waals surface area contributed by atoms with Crippen LogP contribution in [0.2, 0.25) is 0 Å². The fourth-order valence-electron chi connectivity index (χ4n) is 5.21. The summed E-state index contributed by atoms with van der Waals surface area (Å²) in [5, 5.41) is 52.3. The fourth-order valence-corrected chi connectivity index (χ4v) is 8.84. The van der Waals surface area contributed by atoms with Gasteiger partial charge in [-0.2, -0.15) is 32.2 Å². The number of benzene rings is 4. The Hall–Kier alpha value is -6.05. The Labute approximate surface area is 395 Å². The van der Waals surface area contributed by atoms with E-state index >= 15 is 0 Å². The Morgan fingerprint density at radius 1 is 0.623 bits per heavy atom. The number of sulfone groups is 2. The maximum absolute atomic E-state index is 12.9. The van der Waals surface area contributed by atoms with Crippen molar-refractivity contribution in [3.8, 4) is 0 Å². The lowest BCUT2D eigenvalue weighted by Gasteiger charge is -2.27. The van der Waals surface area contributed by atoms with Crippen molar-refractivity contribution < 1.29 is 90.3 Å². The van der Waals surface area contributed by atoms with E-state index in [4.69, 9.17) is 41.0 Å². The normalized spacial score (nSPS) is 13.5. The van der Waals surface area contributed by atoms with E-state index in [1.807, 2.05) is 0 Å². The molecule has 0 saturated heterocycles. The quantitative estimate of drug-likeness (QED) is 0.00819. The molecule has 34 heteroatoms. The van der Waals surface area contributed by atoms with Crippen LogP contribution >= 0.6 is 12.0 Å². The molecule has 4 rings (SSSR count). The molecule has 0 aliphatic heterocycles. The Morgan fingerprint density at radius 2 is 1.03 bits per heavy atom. The lowest BCUT2D eigenvalue weighted by atomic mass is 9.94. The summed E-state index contributed by atoms with van der Waals surface area (Å²) in [5.74, 6) is -1.88. The highest BCUT2D eigenvalue weighted by Gasteiger charge is 2.33. The van der Waals surface area contributed by atoms with E-state index in [2.05, 4.69) is 48.8 Å². The standard InChI is InChI=1S/C35H37N9O20S5/c36-29-31(42-39-22-1-7-25(8-2-22)65-62-20-35(38,19-61-49)21(17-45)18-60-48)28(34(46)47)32(43-40-23-3-9-26(10-4-23)66(50,51)15-13-63-68(54,55)56)30(37)33(29)44-41-24-5-11-27(12-6-24)67(52,53)16-14-64-69(57,58)59/h1-12,48-49H,13-16,18-20,36-38H2,(H,46,47)(H,54,55,56)(H,57,58,59). The van der Waals surface area contributed by atoms with Crippen molar-refractivity contribution in [2.75, 3.05) is 56.0 Å². The van der Waals surface area contributed by atoms with Crippen LogP contribution in [0.25, 0.3) is 0 Å². The van der Waals surface area contributed by atoms with E-state index in [1.54, 1.807) is 0 Å². The van der Waals surface area contributed by atoms with Gasteiger partial charge in [0.05, 0.1) is 75.1 Å². The second-order valence-electron chi connectivity index (χ2n) is 13.4. The van der Waals surface area contributed by atoms with Crippen LogP contribution < -0.4 is 17.2 Å². The molecule has 0 radical (unpaired) electrons. The first-order valence-electron chi connectivity index (χ1n) is 18.4. The fraction of sp³-hybridized carbons (Fsp3) is 0.229. The molecule has 4 aromatic carbocycles. The minimum atomic E-state index is -4.91. The number of nitrogen functional groups attached to an aromatic ring is 2. The number of carboxylic acid groups (broad SMARTS) is 1. The maximum atomic E-state index is 12.9. The molecular weight excluding hydrogens is 1030 g/mol. The Bertz CT molecular complexity index is 3100. The van der Waals surface area contributed by atoms with Crippen LogP contribution in [0.1, 0.15) is 10.4 Å². The zero-order valence-corrected chi connectivity index (χ0v) is 38.8. The van der Waals surface area contributed by atoms with Crippen LogP contribution in [0.4, 0.5) is 45.5 Å². The topological polar surface area (TPSA) is 470 Å². The molecule has 0 fully saturated rings. The van der Waals surface area contributed by atoms with Gasteiger partial charge in [0.25, 0.3) is 0 Å². The number of hydrogen-bond donors (Lipinski definition) is 8. The van der Waals surface area contributed by atoms with Crippen molar-refractivity contribution >= 4 is 110 Å². The van der Waals surface area contributed by atoms with E-state index in [-0.39, 0.29) is 32.4 Å². The van der Waals surface area contributed by atoms with Gasteiger partial charge in [0, 0.05) is 16.9 Å². The van der Waals surface area contributed by atoms with Gasteiger partial charge in [-0.25, -0.2) is 44.6 Å². The summed E-state index contributed by atoms with van der Waals surface area (Å²) in [6.45, 7) is -3.52. The van der Waals surface area contributed by atoms with Gasteiger partial charge in [0.1, 0.15) is 47.3 Å². The molecule has 372 valence electrons. The zero-order chi connectivity index (χ0) is 51.2. The average molecular weight is 1060 g/mol. The molecule has 0 heterocycles. The highest BCUT2D eigenvalue weighted by molar-refractivity contribution is 7.94. The smallest absolute Gasteiger partial charge is 0.397 e. The second kappa shape index (κ2) is 24.0. The van der Waals surface area contributed by atoms with Crippen molar-refractivity contribution in [1.29, 1.82) is 0 Å². The van der Waals surface area contributed by atoms with Crippen molar-refractivity contribution in [2.45, 2.75) is 20.2 Å². The summed E-state index contributed by atoms with van der Waals surface area (Å²) in [5.41, 5.74) is 13.4. The van der Waals surface area contributed by atoms with E-state index in [9.17, 15) is 48.4 Å². The SMILES string of the molecule is Nc1c(N=Nc2ccc(S(=O)(=O)CCOS(=O)(=O)O)cc2)c(N)c(N=Nc2ccc(S(=O)(=O)CCOS(=O)(=O)O)cc2)c(C(=O)O)c1N=Nc1ccc(SOCC(N)(COO)C(=C=O)COO)cc1. The van der Waals surface area contributed by atoms with Crippen molar-refractivity contribution in [3.63, 3.8) is 0 Å². The molecule has 0 aliphatic rings. The third kappa shape index (κ3) is 16.3. The largest absolute Gasteiger partial charge is 0.478 e. The van der Waals surface area contributed by atoms with Crippen LogP contribution in [-0.2, 0) is 67.6 Å². The van der Waals surface area contributed by atoms with Crippen LogP contribution in [0.5, 0.6) is 0 Å². The summed E-state index contributed by atoms with van der Waals surface area (Å²) < 4.78 is 125. The molecule has 29 nitrogen and oxygen atoms in total. The number of carbonyl (C=O) groups excluding carboxylic acids is 1. The van der Waals surface area contributed by atoms with Crippen molar-refractivity contribution in [3.05, 3.63) is 83.9 Å². The van der Waals surface area contributed by atoms with Crippen LogP contribution in [0.15, 0.2) is 124 Å². The van der Waals surface area contributed by atoms with Gasteiger partial charge in [0.15, 0.2) is 19.7 Å². The van der Waals surface area contributed by atoms with Gasteiger partial charge in [-0.05, 0) is 72.8 Å². The summed E-state index contributed by atoms with van der Waals surface area (Å²) in [6.07, 6.45) is 0. The zero-order valence-electron chi connectivity index (χ0n) is 34.7. The summed E-state index contributed by atoms with van der Waals surface area (Å²) >= 11 is 0.756. The molecule has 0 spiro atoms. The van der Waals surface area contributed by atoms with E-state index in [0.717, 1.165) is 48.4 Å². The van der Waals surface area contributed by atoms with Gasteiger partial charge in [0.2, 0.25) is 0 Å². The predicted molar refractivity (Wildman–Crippen MR) is 238 cm³/mol. The van der Waals surface area contributed by atoms with Crippen LogP contribution in [0, 0.1) is 0 Å². The first-order chi connectivity index (χ1) is 32.3. The number of carbonyl (C=O) groups is 1.